The second-order valence-corrected chi connectivity index (χ2v) is 9.72. The summed E-state index contributed by atoms with van der Waals surface area (Å²) in [6, 6.07) is 9.35. The molecule has 190 valence electrons. The quantitative estimate of drug-likeness (QED) is 0.422. The standard InChI is InChI=1S/C27H25F3N6O/c28-21-12-19-18(22(29)13-32-27(19)37)11-20(21)24-26(31)34-25(30)23(33-24)16-3-5-17(6-4-16)36-9-7-35(8-10-36)14-15-1-2-15/h3-6,11-13,15H,1-2,7-10,14H2,(H2,31,34)(H,32,37). The number of halogens is 3. The van der Waals surface area contributed by atoms with Crippen LogP contribution in [0.1, 0.15) is 12.8 Å². The molecule has 1 aliphatic heterocycles. The number of piperazine rings is 1. The van der Waals surface area contributed by atoms with Crippen molar-refractivity contribution in [1.82, 2.24) is 19.9 Å². The molecule has 0 spiro atoms. The molecule has 0 amide bonds. The minimum atomic E-state index is -0.897. The molecule has 6 rings (SSSR count). The Labute approximate surface area is 210 Å². The number of nitrogens with zero attached hydrogens (tertiary/aromatic N) is 4. The normalized spacial score (nSPS) is 16.5. The van der Waals surface area contributed by atoms with Crippen molar-refractivity contribution in [2.24, 2.45) is 5.92 Å². The van der Waals surface area contributed by atoms with Crippen LogP contribution >= 0.6 is 0 Å². The molecule has 2 aromatic heterocycles. The van der Waals surface area contributed by atoms with E-state index in [4.69, 9.17) is 5.73 Å². The minimum absolute atomic E-state index is 0.101. The van der Waals surface area contributed by atoms with Gasteiger partial charge >= 0.3 is 0 Å². The van der Waals surface area contributed by atoms with E-state index in [0.29, 0.717) is 5.56 Å². The zero-order valence-electron chi connectivity index (χ0n) is 20.0. The van der Waals surface area contributed by atoms with Crippen molar-refractivity contribution in [2.45, 2.75) is 12.8 Å². The fraction of sp³-hybridized carbons (Fsp3) is 0.296. The average Bonchev–Trinajstić information content (AvgIpc) is 3.71. The molecular weight excluding hydrogens is 481 g/mol. The van der Waals surface area contributed by atoms with Crippen molar-refractivity contribution in [3.05, 3.63) is 70.5 Å². The number of aromatic nitrogens is 3. The van der Waals surface area contributed by atoms with E-state index in [2.05, 4.69) is 24.8 Å². The van der Waals surface area contributed by atoms with E-state index in [0.717, 1.165) is 56.1 Å². The lowest BCUT2D eigenvalue weighted by atomic mass is 10.0. The Bertz CT molecular complexity index is 1540. The molecule has 1 saturated heterocycles. The SMILES string of the molecule is Nc1nc(F)c(-c2ccc(N3CCN(CC4CC4)CC3)cc2)nc1-c1cc2c(F)c[nH]c(=O)c2cc1F. The second kappa shape index (κ2) is 9.19. The Morgan fingerprint density at radius 2 is 1.65 bits per heavy atom. The number of nitrogens with one attached hydrogen (secondary N) is 1. The van der Waals surface area contributed by atoms with Gasteiger partial charge in [-0.25, -0.2) is 13.8 Å². The molecule has 2 aromatic carbocycles. The zero-order valence-corrected chi connectivity index (χ0v) is 20.0. The Balaban J connectivity index is 1.30. The number of fused-ring (bicyclic) bond motifs is 1. The molecule has 2 aliphatic rings. The van der Waals surface area contributed by atoms with Crippen molar-refractivity contribution in [3.63, 3.8) is 0 Å². The fourth-order valence-corrected chi connectivity index (χ4v) is 4.92. The van der Waals surface area contributed by atoms with Crippen molar-refractivity contribution in [3.8, 4) is 22.5 Å². The maximum absolute atomic E-state index is 15.0. The van der Waals surface area contributed by atoms with Crippen LogP contribution in [0.3, 0.4) is 0 Å². The van der Waals surface area contributed by atoms with Crippen molar-refractivity contribution in [2.75, 3.05) is 43.4 Å². The minimum Gasteiger partial charge on any atom is -0.382 e. The van der Waals surface area contributed by atoms with Gasteiger partial charge in [-0.1, -0.05) is 12.1 Å². The summed E-state index contributed by atoms with van der Waals surface area (Å²) in [4.78, 5) is 27.0. The van der Waals surface area contributed by atoms with E-state index in [-0.39, 0.29) is 33.5 Å². The number of pyridine rings is 1. The average molecular weight is 507 g/mol. The molecule has 0 radical (unpaired) electrons. The molecule has 7 nitrogen and oxygen atoms in total. The summed E-state index contributed by atoms with van der Waals surface area (Å²) < 4.78 is 44.2. The van der Waals surface area contributed by atoms with Crippen LogP contribution < -0.4 is 16.2 Å². The largest absolute Gasteiger partial charge is 0.382 e. The monoisotopic (exact) mass is 506 g/mol. The summed E-state index contributed by atoms with van der Waals surface area (Å²) in [5.74, 6) is -1.96. The van der Waals surface area contributed by atoms with Gasteiger partial charge in [0.15, 0.2) is 5.82 Å². The van der Waals surface area contributed by atoms with Crippen molar-refractivity contribution >= 4 is 22.3 Å². The highest BCUT2D eigenvalue weighted by molar-refractivity contribution is 5.88. The molecule has 0 bridgehead atoms. The van der Waals surface area contributed by atoms with Gasteiger partial charge < -0.3 is 15.6 Å². The van der Waals surface area contributed by atoms with Crippen LogP contribution in [0.5, 0.6) is 0 Å². The molecule has 0 unspecified atom stereocenters. The van der Waals surface area contributed by atoms with Gasteiger partial charge in [-0.2, -0.15) is 9.37 Å². The summed E-state index contributed by atoms with van der Waals surface area (Å²) in [7, 11) is 0. The van der Waals surface area contributed by atoms with Crippen LogP contribution in [-0.2, 0) is 0 Å². The summed E-state index contributed by atoms with van der Waals surface area (Å²) >= 11 is 0. The molecule has 1 saturated carbocycles. The van der Waals surface area contributed by atoms with Gasteiger partial charge in [0.1, 0.15) is 23.0 Å². The first kappa shape index (κ1) is 23.5. The first-order valence-corrected chi connectivity index (χ1v) is 12.3. The number of benzene rings is 2. The predicted molar refractivity (Wildman–Crippen MR) is 137 cm³/mol. The molecule has 1 aliphatic carbocycles. The van der Waals surface area contributed by atoms with Crippen LogP contribution in [-0.4, -0.2) is 52.6 Å². The first-order valence-electron chi connectivity index (χ1n) is 12.3. The smallest absolute Gasteiger partial charge is 0.256 e. The van der Waals surface area contributed by atoms with Gasteiger partial charge in [-0.15, -0.1) is 0 Å². The molecule has 2 fully saturated rings. The maximum Gasteiger partial charge on any atom is 0.256 e. The van der Waals surface area contributed by atoms with Crippen LogP contribution in [0.15, 0.2) is 47.4 Å². The number of anilines is 2. The number of hydrogen-bond donors (Lipinski definition) is 2. The molecular formula is C27H25F3N6O. The Hall–Kier alpha value is -3.92. The summed E-state index contributed by atoms with van der Waals surface area (Å²) in [6.07, 6.45) is 3.59. The third kappa shape index (κ3) is 4.53. The number of hydrogen-bond acceptors (Lipinski definition) is 6. The highest BCUT2D eigenvalue weighted by Gasteiger charge is 2.26. The summed E-state index contributed by atoms with van der Waals surface area (Å²) in [5.41, 5.74) is 6.33. The third-order valence-electron chi connectivity index (χ3n) is 7.17. The van der Waals surface area contributed by atoms with Crippen molar-refractivity contribution in [1.29, 1.82) is 0 Å². The van der Waals surface area contributed by atoms with E-state index in [1.165, 1.54) is 19.4 Å². The number of H-pyrrole nitrogens is 1. The van der Waals surface area contributed by atoms with Crippen LogP contribution in [0, 0.1) is 23.5 Å². The highest BCUT2D eigenvalue weighted by atomic mass is 19.1. The Morgan fingerprint density at radius 3 is 2.35 bits per heavy atom. The van der Waals surface area contributed by atoms with E-state index in [1.807, 2.05) is 12.1 Å². The predicted octanol–water partition coefficient (Wildman–Crippen LogP) is 4.18. The van der Waals surface area contributed by atoms with Gasteiger partial charge in [0.2, 0.25) is 5.95 Å². The molecule has 4 aromatic rings. The molecule has 3 heterocycles. The number of nitrogen functional groups attached to an aromatic ring is 1. The number of nitrogens with two attached hydrogens (primary N) is 1. The van der Waals surface area contributed by atoms with E-state index >= 15 is 0 Å². The maximum atomic E-state index is 15.0. The Morgan fingerprint density at radius 1 is 0.919 bits per heavy atom. The van der Waals surface area contributed by atoms with E-state index in [1.54, 1.807) is 12.1 Å². The van der Waals surface area contributed by atoms with Gasteiger partial charge in [-0.3, -0.25) is 9.69 Å². The molecule has 0 atom stereocenters. The lowest BCUT2D eigenvalue weighted by Gasteiger charge is -2.36. The molecule has 3 N–H and O–H groups in total. The number of rotatable bonds is 5. The lowest BCUT2D eigenvalue weighted by Crippen LogP contribution is -2.47. The molecule has 37 heavy (non-hydrogen) atoms. The Kier molecular flexibility index (Phi) is 5.83. The summed E-state index contributed by atoms with van der Waals surface area (Å²) in [6.45, 7) is 5.07. The van der Waals surface area contributed by atoms with Gasteiger partial charge in [0.25, 0.3) is 5.56 Å². The lowest BCUT2D eigenvalue weighted by molar-refractivity contribution is 0.248. The zero-order chi connectivity index (χ0) is 25.7. The van der Waals surface area contributed by atoms with E-state index < -0.39 is 23.1 Å². The summed E-state index contributed by atoms with van der Waals surface area (Å²) in [5, 5.41) is -0.257. The van der Waals surface area contributed by atoms with Crippen LogP contribution in [0.4, 0.5) is 24.7 Å². The topological polar surface area (TPSA) is 91.1 Å². The number of aromatic amines is 1. The van der Waals surface area contributed by atoms with Gasteiger partial charge in [0, 0.05) is 61.1 Å². The van der Waals surface area contributed by atoms with Gasteiger partial charge in [-0.05, 0) is 43.0 Å². The van der Waals surface area contributed by atoms with Crippen LogP contribution in [0.25, 0.3) is 33.3 Å². The highest BCUT2D eigenvalue weighted by Crippen LogP contribution is 2.33. The first-order chi connectivity index (χ1) is 17.9. The third-order valence-corrected chi connectivity index (χ3v) is 7.17. The molecule has 10 heteroatoms. The van der Waals surface area contributed by atoms with Gasteiger partial charge in [0.05, 0.1) is 5.39 Å². The fourth-order valence-electron chi connectivity index (χ4n) is 4.92. The van der Waals surface area contributed by atoms with Crippen molar-refractivity contribution < 1.29 is 13.2 Å². The second-order valence-electron chi connectivity index (χ2n) is 9.72. The van der Waals surface area contributed by atoms with Crippen LogP contribution in [0.2, 0.25) is 0 Å². The van der Waals surface area contributed by atoms with E-state index in [9.17, 15) is 18.0 Å².